The summed E-state index contributed by atoms with van der Waals surface area (Å²) in [7, 11) is 3.21. The number of aryl methyl sites for hydroxylation is 1. The number of fused-ring (bicyclic) bond motifs is 3. The maximum atomic E-state index is 13.4. The molecule has 2 aromatic carbocycles. The van der Waals surface area contributed by atoms with Gasteiger partial charge in [-0.1, -0.05) is 24.3 Å². The number of ether oxygens (including phenoxy) is 2. The zero-order chi connectivity index (χ0) is 31.5. The molecule has 1 atom stereocenters. The predicted molar refractivity (Wildman–Crippen MR) is 165 cm³/mol. The number of aromatic nitrogens is 2. The quantitative estimate of drug-likeness (QED) is 0.467. The number of likely N-dealkylation sites (N-methyl/N-ethyl adjacent to an activating group) is 1. The summed E-state index contributed by atoms with van der Waals surface area (Å²) in [4.78, 5) is 54.9. The van der Waals surface area contributed by atoms with E-state index in [0.717, 1.165) is 16.5 Å². The second-order valence-electron chi connectivity index (χ2n) is 11.0. The standard InChI is InChI=1S/C32H42N6O6/c1-23-32(42)36(2)16-6-7-17-37(31(41)21-38-26-10-5-4-9-25(26)20-34-38)18-8-15-33-29(39)14-12-24-11-13-27(43-3)28(19-24)44-22-30(40)35-23/h4-5,9-11,13,19-20,23H,6-8,12,14-18,21-22H2,1-3H3,(H,33,39)(H,35,40)/t23-/m0/s1. The van der Waals surface area contributed by atoms with Crippen LogP contribution in [0.2, 0.25) is 0 Å². The highest BCUT2D eigenvalue weighted by Crippen LogP contribution is 2.28. The molecule has 0 saturated carbocycles. The molecule has 0 aliphatic carbocycles. The Morgan fingerprint density at radius 3 is 2.61 bits per heavy atom. The van der Waals surface area contributed by atoms with Crippen LogP contribution in [0.4, 0.5) is 0 Å². The van der Waals surface area contributed by atoms with E-state index in [1.807, 2.05) is 30.3 Å². The van der Waals surface area contributed by atoms with Gasteiger partial charge in [0.15, 0.2) is 18.1 Å². The Balaban J connectivity index is 1.44. The first-order chi connectivity index (χ1) is 21.2. The minimum atomic E-state index is -0.734. The van der Waals surface area contributed by atoms with Crippen LogP contribution in [0.25, 0.3) is 10.9 Å². The van der Waals surface area contributed by atoms with Crippen LogP contribution in [0.1, 0.15) is 38.2 Å². The van der Waals surface area contributed by atoms with Crippen molar-refractivity contribution < 1.29 is 28.7 Å². The third-order valence-corrected chi connectivity index (χ3v) is 7.64. The van der Waals surface area contributed by atoms with Gasteiger partial charge in [-0.3, -0.25) is 23.9 Å². The number of carbonyl (C=O) groups is 4. The fourth-order valence-corrected chi connectivity index (χ4v) is 5.16. The summed E-state index contributed by atoms with van der Waals surface area (Å²) in [6.07, 6.45) is 4.46. The van der Waals surface area contributed by atoms with Gasteiger partial charge in [0.1, 0.15) is 12.6 Å². The first kappa shape index (κ1) is 32.3. The molecule has 1 aromatic heterocycles. The van der Waals surface area contributed by atoms with Crippen molar-refractivity contribution in [2.24, 2.45) is 0 Å². The normalized spacial score (nSPS) is 18.4. The van der Waals surface area contributed by atoms with E-state index in [1.54, 1.807) is 46.8 Å². The number of methoxy groups -OCH3 is 1. The first-order valence-corrected chi connectivity index (χ1v) is 15.0. The molecule has 4 rings (SSSR count). The van der Waals surface area contributed by atoms with Gasteiger partial charge in [0.25, 0.3) is 5.91 Å². The molecule has 0 fully saturated rings. The average molecular weight is 607 g/mol. The monoisotopic (exact) mass is 606 g/mol. The van der Waals surface area contributed by atoms with Crippen molar-refractivity contribution in [1.29, 1.82) is 0 Å². The number of benzene rings is 2. The highest BCUT2D eigenvalue weighted by atomic mass is 16.5. The van der Waals surface area contributed by atoms with Crippen LogP contribution >= 0.6 is 0 Å². The zero-order valence-corrected chi connectivity index (χ0v) is 25.7. The van der Waals surface area contributed by atoms with Gasteiger partial charge in [-0.25, -0.2) is 0 Å². The number of nitrogens with one attached hydrogen (secondary N) is 2. The summed E-state index contributed by atoms with van der Waals surface area (Å²) in [6, 6.07) is 12.4. The maximum Gasteiger partial charge on any atom is 0.258 e. The smallest absolute Gasteiger partial charge is 0.258 e. The van der Waals surface area contributed by atoms with E-state index < -0.39 is 11.9 Å². The second-order valence-corrected chi connectivity index (χ2v) is 11.0. The fraction of sp³-hybridized carbons (Fsp3) is 0.469. The van der Waals surface area contributed by atoms with E-state index >= 15 is 0 Å². The third kappa shape index (κ3) is 8.95. The lowest BCUT2D eigenvalue weighted by Gasteiger charge is -2.25. The third-order valence-electron chi connectivity index (χ3n) is 7.64. The summed E-state index contributed by atoms with van der Waals surface area (Å²) >= 11 is 0. The summed E-state index contributed by atoms with van der Waals surface area (Å²) in [6.45, 7) is 3.37. The Labute approximate surface area is 257 Å². The Morgan fingerprint density at radius 1 is 1.02 bits per heavy atom. The van der Waals surface area contributed by atoms with Crippen molar-refractivity contribution in [2.45, 2.75) is 51.6 Å². The second kappa shape index (κ2) is 15.7. The summed E-state index contributed by atoms with van der Waals surface area (Å²) in [5.74, 6) is 0.0442. The molecule has 0 spiro atoms. The Hall–Kier alpha value is -4.61. The zero-order valence-electron chi connectivity index (χ0n) is 25.7. The lowest BCUT2D eigenvalue weighted by molar-refractivity contribution is -0.135. The maximum absolute atomic E-state index is 13.4. The number of nitrogens with zero attached hydrogens (tertiary/aromatic N) is 4. The van der Waals surface area contributed by atoms with Crippen molar-refractivity contribution >= 4 is 34.5 Å². The van der Waals surface area contributed by atoms with Crippen LogP contribution in [0.5, 0.6) is 11.5 Å². The molecule has 0 unspecified atom stereocenters. The summed E-state index contributed by atoms with van der Waals surface area (Å²) in [5, 5.41) is 11.0. The van der Waals surface area contributed by atoms with Gasteiger partial charge in [0.2, 0.25) is 17.7 Å². The van der Waals surface area contributed by atoms with E-state index in [0.29, 0.717) is 63.4 Å². The number of carbonyl (C=O) groups excluding carboxylic acids is 4. The Bertz CT molecular complexity index is 1460. The molecular formula is C32H42N6O6. The van der Waals surface area contributed by atoms with Gasteiger partial charge >= 0.3 is 0 Å². The molecule has 44 heavy (non-hydrogen) atoms. The van der Waals surface area contributed by atoms with Crippen LogP contribution in [0, 0.1) is 0 Å². The molecule has 4 amide bonds. The van der Waals surface area contributed by atoms with Gasteiger partial charge in [0, 0.05) is 45.0 Å². The van der Waals surface area contributed by atoms with Crippen molar-refractivity contribution in [2.75, 3.05) is 46.9 Å². The molecule has 2 heterocycles. The van der Waals surface area contributed by atoms with Crippen molar-refractivity contribution in [3.8, 4) is 11.5 Å². The molecule has 2 N–H and O–H groups in total. The summed E-state index contributed by atoms with van der Waals surface area (Å²) in [5.41, 5.74) is 1.75. The largest absolute Gasteiger partial charge is 0.493 e. The molecule has 2 bridgehead atoms. The molecule has 1 aliphatic heterocycles. The number of hydrogen-bond acceptors (Lipinski definition) is 7. The highest BCUT2D eigenvalue weighted by molar-refractivity contribution is 5.87. The lowest BCUT2D eigenvalue weighted by Crippen LogP contribution is -2.47. The van der Waals surface area contributed by atoms with Gasteiger partial charge < -0.3 is 29.9 Å². The van der Waals surface area contributed by atoms with Gasteiger partial charge in [-0.05, 0) is 56.4 Å². The van der Waals surface area contributed by atoms with Crippen LogP contribution in [-0.2, 0) is 32.1 Å². The molecule has 12 heteroatoms. The highest BCUT2D eigenvalue weighted by Gasteiger charge is 2.21. The van der Waals surface area contributed by atoms with Gasteiger partial charge in [-0.15, -0.1) is 0 Å². The fourth-order valence-electron chi connectivity index (χ4n) is 5.16. The summed E-state index contributed by atoms with van der Waals surface area (Å²) < 4.78 is 12.8. The van der Waals surface area contributed by atoms with Crippen molar-refractivity contribution in [3.63, 3.8) is 0 Å². The SMILES string of the molecule is COc1ccc2cc1OCC(=O)N[C@@H](C)C(=O)N(C)CCCCN(C(=O)Cn1ncc3ccccc31)CCCNC(=O)CC2. The lowest BCUT2D eigenvalue weighted by atomic mass is 10.1. The van der Waals surface area contributed by atoms with E-state index in [1.165, 1.54) is 7.11 Å². The van der Waals surface area contributed by atoms with Crippen LogP contribution in [0.15, 0.2) is 48.7 Å². The molecule has 236 valence electrons. The number of hydrogen-bond donors (Lipinski definition) is 2. The van der Waals surface area contributed by atoms with Crippen molar-refractivity contribution in [3.05, 3.63) is 54.2 Å². The number of para-hydroxylation sites is 1. The van der Waals surface area contributed by atoms with E-state index in [4.69, 9.17) is 9.47 Å². The number of rotatable bonds is 3. The Morgan fingerprint density at radius 2 is 1.80 bits per heavy atom. The van der Waals surface area contributed by atoms with E-state index in [-0.39, 0.29) is 37.3 Å². The molecule has 1 aliphatic rings. The minimum absolute atomic E-state index is 0.0575. The van der Waals surface area contributed by atoms with Gasteiger partial charge in [-0.2, -0.15) is 5.10 Å². The minimum Gasteiger partial charge on any atom is -0.493 e. The van der Waals surface area contributed by atoms with Crippen molar-refractivity contribution in [1.82, 2.24) is 30.2 Å². The van der Waals surface area contributed by atoms with Crippen LogP contribution in [-0.4, -0.2) is 96.2 Å². The first-order valence-electron chi connectivity index (χ1n) is 15.0. The molecule has 3 aromatic rings. The predicted octanol–water partition coefficient (Wildman–Crippen LogP) is 2.15. The number of amides is 4. The van der Waals surface area contributed by atoms with E-state index in [2.05, 4.69) is 15.7 Å². The Kier molecular flexibility index (Phi) is 11.6. The van der Waals surface area contributed by atoms with Crippen LogP contribution in [0.3, 0.4) is 0 Å². The molecular weight excluding hydrogens is 564 g/mol. The van der Waals surface area contributed by atoms with Crippen LogP contribution < -0.4 is 20.1 Å². The van der Waals surface area contributed by atoms with Gasteiger partial charge in [0.05, 0.1) is 18.8 Å². The molecule has 12 nitrogen and oxygen atoms in total. The topological polar surface area (TPSA) is 135 Å². The average Bonchev–Trinajstić information content (AvgIpc) is 3.43. The molecule has 0 radical (unpaired) electrons. The molecule has 0 saturated heterocycles. The van der Waals surface area contributed by atoms with E-state index in [9.17, 15) is 19.2 Å².